The Balaban J connectivity index is 1.49. The minimum absolute atomic E-state index is 0.0122. The van der Waals surface area contributed by atoms with Gasteiger partial charge in [-0.1, -0.05) is 0 Å². The number of carbonyl (C=O) groups excluding carboxylic acids is 1. The van der Waals surface area contributed by atoms with Crippen molar-refractivity contribution in [1.29, 1.82) is 0 Å². The molecule has 3 heterocycles. The quantitative estimate of drug-likeness (QED) is 0.246. The van der Waals surface area contributed by atoms with Crippen LogP contribution in [-0.4, -0.2) is 74.1 Å². The Hall–Kier alpha value is -3.29. The van der Waals surface area contributed by atoms with E-state index >= 15 is 0 Å². The molecule has 0 radical (unpaired) electrons. The van der Waals surface area contributed by atoms with Crippen LogP contribution in [0.1, 0.15) is 31.9 Å². The number of carbonyl (C=O) groups is 1. The van der Waals surface area contributed by atoms with Crippen molar-refractivity contribution in [3.63, 3.8) is 0 Å². The summed E-state index contributed by atoms with van der Waals surface area (Å²) in [6, 6.07) is 12.1. The smallest absolute Gasteiger partial charge is 0.319 e. The second kappa shape index (κ2) is 11.4. The monoisotopic (exact) mass is 554 g/mol. The topological polar surface area (TPSA) is 153 Å². The van der Waals surface area contributed by atoms with Crippen LogP contribution in [0.25, 0.3) is 11.4 Å². The van der Waals surface area contributed by atoms with E-state index in [1.54, 1.807) is 36.7 Å². The Morgan fingerprint density at radius 2 is 1.90 bits per heavy atom. The molecule has 208 valence electrons. The number of hydrogen-bond donors (Lipinski definition) is 5. The van der Waals surface area contributed by atoms with Crippen molar-refractivity contribution in [2.75, 3.05) is 43.1 Å². The highest BCUT2D eigenvalue weighted by Gasteiger charge is 2.57. The molecule has 11 nitrogen and oxygen atoms in total. The number of benzene rings is 1. The lowest BCUT2D eigenvalue weighted by atomic mass is 10.1. The van der Waals surface area contributed by atoms with E-state index in [2.05, 4.69) is 27.4 Å². The number of aromatic nitrogens is 3. The Morgan fingerprint density at radius 1 is 1.15 bits per heavy atom. The van der Waals surface area contributed by atoms with E-state index in [0.717, 1.165) is 5.56 Å². The predicted octanol–water partition coefficient (Wildman–Crippen LogP) is 4.07. The summed E-state index contributed by atoms with van der Waals surface area (Å²) in [6.45, 7) is 4.29. The van der Waals surface area contributed by atoms with Crippen LogP contribution >= 0.6 is 10.6 Å². The molecule has 3 aromatic rings. The number of nitrogens with one attached hydrogen (secondary N) is 2. The summed E-state index contributed by atoms with van der Waals surface area (Å²) >= 11 is 0. The minimum Gasteiger partial charge on any atom is -0.396 e. The standard InChI is InChI=1S/C27H34N6O5S/c1-19-18-38-16-14-33(19)24-17-23(27(9-10-27)39(36,37)22-7-12-28-13-8-22)31-25(32-24)20-3-5-21(6-4-20)30-26(35)29-11-2-15-34/h3-8,12-13,17,19,34,36-37H,2,9-11,14-16,18H2,1H3,(H2,29,30,35)/t19-/m0/s1. The third-order valence-corrected chi connectivity index (χ3v) is 9.73. The molecule has 1 aliphatic carbocycles. The number of aliphatic hydroxyl groups is 1. The Morgan fingerprint density at radius 3 is 2.56 bits per heavy atom. The number of pyridine rings is 1. The van der Waals surface area contributed by atoms with E-state index in [9.17, 15) is 13.9 Å². The number of urea groups is 1. The molecule has 2 amide bonds. The molecule has 2 aliphatic rings. The molecule has 0 spiro atoms. The van der Waals surface area contributed by atoms with E-state index in [1.807, 2.05) is 18.2 Å². The van der Waals surface area contributed by atoms with Crippen LogP contribution in [0.2, 0.25) is 0 Å². The summed E-state index contributed by atoms with van der Waals surface area (Å²) in [6.07, 6.45) is 4.81. The lowest BCUT2D eigenvalue weighted by Gasteiger charge is -2.41. The molecule has 1 atom stereocenters. The van der Waals surface area contributed by atoms with Crippen molar-refractivity contribution < 1.29 is 23.7 Å². The maximum Gasteiger partial charge on any atom is 0.319 e. The average molecular weight is 555 g/mol. The van der Waals surface area contributed by atoms with Gasteiger partial charge in [0, 0.05) is 49.4 Å². The largest absolute Gasteiger partial charge is 0.396 e. The van der Waals surface area contributed by atoms with Gasteiger partial charge < -0.3 is 25.4 Å². The molecule has 5 N–H and O–H groups in total. The van der Waals surface area contributed by atoms with Crippen molar-refractivity contribution in [3.05, 3.63) is 60.6 Å². The zero-order valence-electron chi connectivity index (χ0n) is 21.8. The van der Waals surface area contributed by atoms with Crippen molar-refractivity contribution >= 4 is 28.1 Å². The van der Waals surface area contributed by atoms with Crippen LogP contribution < -0.4 is 15.5 Å². The Labute approximate surface area is 229 Å². The van der Waals surface area contributed by atoms with E-state index in [0.29, 0.717) is 73.5 Å². The molecular formula is C27H34N6O5S. The van der Waals surface area contributed by atoms with Gasteiger partial charge in [-0.2, -0.15) is 10.6 Å². The number of hydrogen-bond acceptors (Lipinski definition) is 9. The second-order valence-corrected chi connectivity index (χ2v) is 12.2. The molecule has 1 aliphatic heterocycles. The first-order chi connectivity index (χ1) is 18.8. The molecule has 39 heavy (non-hydrogen) atoms. The van der Waals surface area contributed by atoms with E-state index in [4.69, 9.17) is 19.8 Å². The third-order valence-electron chi connectivity index (χ3n) is 7.09. The fraction of sp³-hybridized carbons (Fsp3) is 0.407. The second-order valence-electron chi connectivity index (χ2n) is 9.81. The van der Waals surface area contributed by atoms with Gasteiger partial charge in [-0.25, -0.2) is 14.8 Å². The number of anilines is 2. The van der Waals surface area contributed by atoms with Crippen LogP contribution in [0.15, 0.2) is 59.8 Å². The zero-order valence-corrected chi connectivity index (χ0v) is 22.6. The summed E-state index contributed by atoms with van der Waals surface area (Å²) in [5.74, 6) is 1.18. The molecule has 5 rings (SSSR count). The summed E-state index contributed by atoms with van der Waals surface area (Å²) in [4.78, 5) is 28.5. The van der Waals surface area contributed by atoms with E-state index < -0.39 is 15.3 Å². The predicted molar refractivity (Wildman–Crippen MR) is 150 cm³/mol. The van der Waals surface area contributed by atoms with E-state index in [-0.39, 0.29) is 18.7 Å². The Bertz CT molecular complexity index is 1290. The van der Waals surface area contributed by atoms with Crippen molar-refractivity contribution in [2.45, 2.75) is 41.9 Å². The summed E-state index contributed by atoms with van der Waals surface area (Å²) < 4.78 is 27.7. The molecule has 0 bridgehead atoms. The normalized spacial score (nSPS) is 18.9. The molecule has 2 fully saturated rings. The first-order valence-electron chi connectivity index (χ1n) is 13.0. The molecular weight excluding hydrogens is 520 g/mol. The molecule has 1 saturated carbocycles. The van der Waals surface area contributed by atoms with Crippen LogP contribution in [0, 0.1) is 0 Å². The number of nitrogens with zero attached hydrogens (tertiary/aromatic N) is 4. The summed E-state index contributed by atoms with van der Waals surface area (Å²) in [5.41, 5.74) is 1.94. The molecule has 1 aromatic carbocycles. The lowest BCUT2D eigenvalue weighted by Crippen LogP contribution is -2.44. The first kappa shape index (κ1) is 27.3. The number of aliphatic hydroxyl groups excluding tert-OH is 1. The van der Waals surface area contributed by atoms with Crippen molar-refractivity contribution in [2.24, 2.45) is 0 Å². The Kier molecular flexibility index (Phi) is 8.01. The molecule has 1 saturated heterocycles. The third kappa shape index (κ3) is 5.70. The van der Waals surface area contributed by atoms with Gasteiger partial charge in [0.2, 0.25) is 0 Å². The highest BCUT2D eigenvalue weighted by Crippen LogP contribution is 2.75. The van der Waals surface area contributed by atoms with Gasteiger partial charge in [0.15, 0.2) is 5.82 Å². The fourth-order valence-corrected chi connectivity index (χ4v) is 6.74. The summed E-state index contributed by atoms with van der Waals surface area (Å²) in [5, 5.41) is 14.3. The van der Waals surface area contributed by atoms with Crippen LogP contribution in [0.5, 0.6) is 0 Å². The van der Waals surface area contributed by atoms with Crippen LogP contribution in [0.3, 0.4) is 0 Å². The van der Waals surface area contributed by atoms with Gasteiger partial charge in [0.05, 0.1) is 29.8 Å². The van der Waals surface area contributed by atoms with Crippen molar-refractivity contribution in [3.8, 4) is 11.4 Å². The number of amides is 2. The maximum absolute atomic E-state index is 12.1. The first-order valence-corrected chi connectivity index (χ1v) is 14.6. The van der Waals surface area contributed by atoms with Gasteiger partial charge >= 0.3 is 6.03 Å². The molecule has 12 heteroatoms. The van der Waals surface area contributed by atoms with Crippen LogP contribution in [0.4, 0.5) is 16.3 Å². The molecule has 0 unspecified atom stereocenters. The van der Waals surface area contributed by atoms with E-state index in [1.165, 1.54) is 0 Å². The minimum atomic E-state index is -3.21. The van der Waals surface area contributed by atoms with Gasteiger partial charge in [-0.05, 0) is 62.6 Å². The van der Waals surface area contributed by atoms with Gasteiger partial charge in [0.25, 0.3) is 0 Å². The zero-order chi connectivity index (χ0) is 27.5. The van der Waals surface area contributed by atoms with Crippen molar-refractivity contribution in [1.82, 2.24) is 20.3 Å². The SMILES string of the molecule is C[C@H]1COCCN1c1cc(C2(S(O)(O)c3ccncc3)CC2)nc(-c2ccc(NC(=O)NCCCO)cc2)n1. The van der Waals surface area contributed by atoms with Gasteiger partial charge in [-0.3, -0.25) is 14.1 Å². The fourth-order valence-electron chi connectivity index (χ4n) is 4.72. The van der Waals surface area contributed by atoms with Gasteiger partial charge in [-0.15, -0.1) is 0 Å². The highest BCUT2D eigenvalue weighted by molar-refractivity contribution is 8.25. The lowest BCUT2D eigenvalue weighted by molar-refractivity contribution is 0.0985. The van der Waals surface area contributed by atoms with Gasteiger partial charge in [0.1, 0.15) is 10.6 Å². The average Bonchev–Trinajstić information content (AvgIpc) is 3.77. The maximum atomic E-state index is 12.1. The number of rotatable bonds is 9. The molecule has 2 aromatic heterocycles. The summed E-state index contributed by atoms with van der Waals surface area (Å²) in [7, 11) is -3.21. The highest BCUT2D eigenvalue weighted by atomic mass is 32.3. The van der Waals surface area contributed by atoms with Crippen LogP contribution in [-0.2, 0) is 9.48 Å². The number of morpholine rings is 1. The number of ether oxygens (including phenoxy) is 1.